The number of amidine groups is 3. The Kier molecular flexibility index (Phi) is 7.43. The van der Waals surface area contributed by atoms with Crippen molar-refractivity contribution >= 4 is 51.9 Å². The van der Waals surface area contributed by atoms with Crippen LogP contribution in [0.1, 0.15) is 5.56 Å². The maximum absolute atomic E-state index is 12.5. The van der Waals surface area contributed by atoms with Crippen molar-refractivity contribution in [2.75, 3.05) is 33.7 Å². The van der Waals surface area contributed by atoms with Crippen molar-refractivity contribution in [1.29, 1.82) is 5.41 Å². The van der Waals surface area contributed by atoms with E-state index in [1.54, 1.807) is 43.4 Å². The lowest BCUT2D eigenvalue weighted by Crippen LogP contribution is -2.41. The van der Waals surface area contributed by atoms with Crippen LogP contribution in [0.5, 0.6) is 23.0 Å². The van der Waals surface area contributed by atoms with Crippen molar-refractivity contribution in [3.05, 3.63) is 53.6 Å². The first-order valence-corrected chi connectivity index (χ1v) is 12.1. The Morgan fingerprint density at radius 1 is 1.03 bits per heavy atom. The molecule has 0 saturated carbocycles. The third-order valence-corrected chi connectivity index (χ3v) is 6.30. The van der Waals surface area contributed by atoms with Crippen molar-refractivity contribution in [1.82, 2.24) is 4.90 Å². The minimum atomic E-state index is -0.476. The number of methoxy groups -OCH3 is 2. The van der Waals surface area contributed by atoms with E-state index in [1.165, 1.54) is 11.8 Å². The smallest absolute Gasteiger partial charge is 0.283 e. The van der Waals surface area contributed by atoms with E-state index in [0.29, 0.717) is 40.6 Å². The largest absolute Gasteiger partial charge is 0.497 e. The average molecular weight is 499 g/mol. The molecule has 0 unspecified atom stereocenters. The number of hydrogen-bond acceptors (Lipinski definition) is 9. The summed E-state index contributed by atoms with van der Waals surface area (Å²) in [5.41, 5.74) is 0.858. The van der Waals surface area contributed by atoms with Gasteiger partial charge in [0.15, 0.2) is 16.7 Å². The standard InChI is InChI=1S/C23H22N4O5S2/c1-29-15-5-7-16(8-6-15)31-10-11-32-18-9-4-14(13-19(18)30-2)12-17-20(24)27-22(25-21(17)28)34-26-23(27)33-3/h4-9,12-13,24H,10-11H2,1-3H3/b17-12-,24-20?. The molecule has 1 N–H and O–H groups in total. The Hall–Kier alpha value is -3.44. The summed E-state index contributed by atoms with van der Waals surface area (Å²) in [6.07, 6.45) is 3.48. The van der Waals surface area contributed by atoms with Crippen LogP contribution in [0.3, 0.4) is 0 Å². The summed E-state index contributed by atoms with van der Waals surface area (Å²) in [5.74, 6) is 2.09. The van der Waals surface area contributed by atoms with Gasteiger partial charge in [-0.05, 0) is 54.3 Å². The molecule has 2 heterocycles. The molecule has 176 valence electrons. The van der Waals surface area contributed by atoms with E-state index in [1.807, 2.05) is 30.5 Å². The van der Waals surface area contributed by atoms with Gasteiger partial charge in [-0.3, -0.25) is 10.2 Å². The van der Waals surface area contributed by atoms with Crippen LogP contribution >= 0.6 is 23.7 Å². The quantitative estimate of drug-likeness (QED) is 0.329. The highest BCUT2D eigenvalue weighted by atomic mass is 32.2. The number of nitrogens with zero attached hydrogens (tertiary/aromatic N) is 3. The average Bonchev–Trinajstić information content (AvgIpc) is 3.28. The van der Waals surface area contributed by atoms with E-state index < -0.39 is 5.91 Å². The molecule has 11 heteroatoms. The van der Waals surface area contributed by atoms with Gasteiger partial charge in [0.2, 0.25) is 5.17 Å². The molecule has 0 saturated heterocycles. The van der Waals surface area contributed by atoms with Crippen LogP contribution in [-0.4, -0.2) is 60.7 Å². The summed E-state index contributed by atoms with van der Waals surface area (Å²) in [4.78, 5) is 18.2. The first-order valence-electron chi connectivity index (χ1n) is 10.1. The van der Waals surface area contributed by atoms with Crippen LogP contribution in [-0.2, 0) is 4.79 Å². The highest BCUT2D eigenvalue weighted by Gasteiger charge is 2.37. The molecular formula is C23H22N4O5S2. The zero-order valence-electron chi connectivity index (χ0n) is 18.7. The number of benzene rings is 2. The number of ether oxygens (including phenoxy) is 4. The summed E-state index contributed by atoms with van der Waals surface area (Å²) in [6, 6.07) is 12.6. The summed E-state index contributed by atoms with van der Waals surface area (Å²) in [7, 11) is 3.16. The lowest BCUT2D eigenvalue weighted by atomic mass is 10.1. The van der Waals surface area contributed by atoms with Gasteiger partial charge in [0.25, 0.3) is 5.91 Å². The lowest BCUT2D eigenvalue weighted by Gasteiger charge is -2.23. The number of aliphatic imine (C=N–C) groups is 1. The number of carbonyl (C=O) groups excluding carboxylic acids is 1. The van der Waals surface area contributed by atoms with E-state index in [0.717, 1.165) is 23.4 Å². The summed E-state index contributed by atoms with van der Waals surface area (Å²) >= 11 is 2.49. The Labute approximate surface area is 205 Å². The summed E-state index contributed by atoms with van der Waals surface area (Å²) < 4.78 is 26.3. The van der Waals surface area contributed by atoms with Crippen molar-refractivity contribution < 1.29 is 23.7 Å². The molecule has 9 nitrogen and oxygen atoms in total. The van der Waals surface area contributed by atoms with Crippen LogP contribution in [0.15, 0.2) is 57.4 Å². The van der Waals surface area contributed by atoms with E-state index in [-0.39, 0.29) is 11.4 Å². The summed E-state index contributed by atoms with van der Waals surface area (Å²) in [6.45, 7) is 0.660. The minimum Gasteiger partial charge on any atom is -0.497 e. The number of carbonyl (C=O) groups is 1. The highest BCUT2D eigenvalue weighted by molar-refractivity contribution is 8.18. The number of rotatable bonds is 8. The molecule has 34 heavy (non-hydrogen) atoms. The molecule has 2 aliphatic rings. The Bertz CT molecular complexity index is 1190. The van der Waals surface area contributed by atoms with E-state index in [4.69, 9.17) is 24.4 Å². The second-order valence-corrected chi connectivity index (χ2v) is 8.40. The molecule has 4 rings (SSSR count). The van der Waals surface area contributed by atoms with Crippen molar-refractivity contribution in [2.24, 2.45) is 9.39 Å². The van der Waals surface area contributed by atoms with Gasteiger partial charge in [-0.15, -0.1) is 0 Å². The molecule has 2 aliphatic heterocycles. The Morgan fingerprint density at radius 2 is 1.76 bits per heavy atom. The Morgan fingerprint density at radius 3 is 2.47 bits per heavy atom. The van der Waals surface area contributed by atoms with Gasteiger partial charge in [-0.1, -0.05) is 17.8 Å². The number of amides is 1. The zero-order chi connectivity index (χ0) is 24.1. The molecule has 0 fully saturated rings. The number of fused-ring (bicyclic) bond motifs is 1. The second kappa shape index (κ2) is 10.7. The molecule has 2 aromatic carbocycles. The van der Waals surface area contributed by atoms with Crippen LogP contribution in [0.4, 0.5) is 0 Å². The first kappa shape index (κ1) is 23.7. The SMILES string of the molecule is COc1ccc(OCCOc2ccc(/C=C3/C(=N)N4C(SC)=NSC4=NC3=O)cc2OC)cc1. The Balaban J connectivity index is 1.42. The van der Waals surface area contributed by atoms with Gasteiger partial charge in [-0.25, -0.2) is 4.90 Å². The lowest BCUT2D eigenvalue weighted by molar-refractivity contribution is -0.114. The molecule has 0 atom stereocenters. The molecule has 0 radical (unpaired) electrons. The fourth-order valence-corrected chi connectivity index (χ4v) is 4.63. The molecule has 0 bridgehead atoms. The van der Waals surface area contributed by atoms with Crippen LogP contribution in [0.25, 0.3) is 6.08 Å². The van der Waals surface area contributed by atoms with Gasteiger partial charge < -0.3 is 18.9 Å². The third-order valence-electron chi connectivity index (χ3n) is 4.84. The second-order valence-electron chi connectivity index (χ2n) is 6.89. The van der Waals surface area contributed by atoms with Crippen LogP contribution in [0.2, 0.25) is 0 Å². The fraction of sp³-hybridized carbons (Fsp3) is 0.217. The predicted octanol–water partition coefficient (Wildman–Crippen LogP) is 4.10. The van der Waals surface area contributed by atoms with Crippen molar-refractivity contribution in [3.8, 4) is 23.0 Å². The van der Waals surface area contributed by atoms with Crippen molar-refractivity contribution in [3.63, 3.8) is 0 Å². The van der Waals surface area contributed by atoms with Gasteiger partial charge in [0, 0.05) is 0 Å². The first-order chi connectivity index (χ1) is 16.5. The van der Waals surface area contributed by atoms with Crippen LogP contribution < -0.4 is 18.9 Å². The molecule has 2 aromatic rings. The maximum atomic E-state index is 12.5. The predicted molar refractivity (Wildman–Crippen MR) is 136 cm³/mol. The fourth-order valence-electron chi connectivity index (χ4n) is 3.18. The third kappa shape index (κ3) is 5.05. The summed E-state index contributed by atoms with van der Waals surface area (Å²) in [5, 5.41) is 9.52. The highest BCUT2D eigenvalue weighted by Crippen LogP contribution is 2.33. The zero-order valence-corrected chi connectivity index (χ0v) is 20.4. The van der Waals surface area contributed by atoms with Gasteiger partial charge in [-0.2, -0.15) is 9.39 Å². The van der Waals surface area contributed by atoms with Gasteiger partial charge in [0.05, 0.1) is 31.7 Å². The van der Waals surface area contributed by atoms with Crippen LogP contribution in [0, 0.1) is 5.41 Å². The monoisotopic (exact) mass is 498 g/mol. The molecular weight excluding hydrogens is 476 g/mol. The van der Waals surface area contributed by atoms with Crippen molar-refractivity contribution in [2.45, 2.75) is 0 Å². The van der Waals surface area contributed by atoms with E-state index in [2.05, 4.69) is 9.39 Å². The maximum Gasteiger partial charge on any atom is 0.283 e. The van der Waals surface area contributed by atoms with Gasteiger partial charge in [0.1, 0.15) is 30.5 Å². The number of hydrogen-bond donors (Lipinski definition) is 1. The molecule has 0 aromatic heterocycles. The minimum absolute atomic E-state index is 0.0445. The van der Waals surface area contributed by atoms with E-state index in [9.17, 15) is 4.79 Å². The number of thioether (sulfide) groups is 1. The number of nitrogens with one attached hydrogen (secondary N) is 1. The molecule has 1 amide bonds. The molecule has 0 spiro atoms. The molecule has 0 aliphatic carbocycles. The normalized spacial score (nSPS) is 16.2. The van der Waals surface area contributed by atoms with Gasteiger partial charge >= 0.3 is 0 Å². The topological polar surface area (TPSA) is 106 Å². The van der Waals surface area contributed by atoms with E-state index >= 15 is 0 Å².